The topological polar surface area (TPSA) is 75.7 Å². The Morgan fingerprint density at radius 2 is 1.89 bits per heavy atom. The van der Waals surface area contributed by atoms with E-state index in [1.54, 1.807) is 20.8 Å². The Hall–Kier alpha value is -1.59. The molecular weight excluding hydrogens is 248 g/mol. The summed E-state index contributed by atoms with van der Waals surface area (Å²) in [5.74, 6) is -0.839. The molecule has 0 aromatic rings. The summed E-state index contributed by atoms with van der Waals surface area (Å²) in [7, 11) is 0. The lowest BCUT2D eigenvalue weighted by molar-refractivity contribution is -0.162. The molecule has 0 radical (unpaired) electrons. The summed E-state index contributed by atoms with van der Waals surface area (Å²) in [4.78, 5) is 36.5. The van der Waals surface area contributed by atoms with Gasteiger partial charge in [0, 0.05) is 13.0 Å². The van der Waals surface area contributed by atoms with Gasteiger partial charge in [0.25, 0.3) is 0 Å². The molecule has 0 saturated carbocycles. The van der Waals surface area contributed by atoms with Crippen molar-refractivity contribution < 1.29 is 19.1 Å². The number of amides is 3. The molecule has 3 amide bonds. The molecule has 1 aliphatic rings. The predicted molar refractivity (Wildman–Crippen MR) is 69.3 cm³/mol. The van der Waals surface area contributed by atoms with Crippen LogP contribution < -0.4 is 5.32 Å². The van der Waals surface area contributed by atoms with Crippen LogP contribution >= 0.6 is 0 Å². The second-order valence-corrected chi connectivity index (χ2v) is 6.02. The van der Waals surface area contributed by atoms with Crippen molar-refractivity contribution in [2.75, 3.05) is 6.54 Å². The highest BCUT2D eigenvalue weighted by Crippen LogP contribution is 2.19. The number of carbonyl (C=O) groups is 3. The maximum Gasteiger partial charge on any atom is 0.329 e. The molecule has 1 fully saturated rings. The summed E-state index contributed by atoms with van der Waals surface area (Å²) in [6, 6.07) is -1.20. The molecule has 1 rings (SSSR count). The van der Waals surface area contributed by atoms with Gasteiger partial charge in [0.05, 0.1) is 0 Å². The molecule has 0 spiro atoms. The van der Waals surface area contributed by atoms with Gasteiger partial charge in [0.2, 0.25) is 5.91 Å². The number of nitrogens with zero attached hydrogens (tertiary/aromatic N) is 1. The Morgan fingerprint density at radius 1 is 1.32 bits per heavy atom. The van der Waals surface area contributed by atoms with E-state index >= 15 is 0 Å². The SMILES string of the molecule is CC(C)[C@@H](C(=O)OC(C)(C)C)N1CCC(=O)NC1=O. The van der Waals surface area contributed by atoms with Crippen molar-refractivity contribution in [1.29, 1.82) is 0 Å². The van der Waals surface area contributed by atoms with E-state index in [0.29, 0.717) is 0 Å². The van der Waals surface area contributed by atoms with Crippen molar-refractivity contribution >= 4 is 17.9 Å². The Kier molecular flexibility index (Phi) is 4.55. The molecule has 1 heterocycles. The number of ether oxygens (including phenoxy) is 1. The Balaban J connectivity index is 2.86. The van der Waals surface area contributed by atoms with E-state index in [-0.39, 0.29) is 24.8 Å². The lowest BCUT2D eigenvalue weighted by Gasteiger charge is -2.36. The lowest BCUT2D eigenvalue weighted by Crippen LogP contribution is -2.58. The van der Waals surface area contributed by atoms with E-state index in [4.69, 9.17) is 4.74 Å². The second-order valence-electron chi connectivity index (χ2n) is 6.02. The normalized spacial score (nSPS) is 18.3. The van der Waals surface area contributed by atoms with Crippen molar-refractivity contribution in [2.45, 2.75) is 52.7 Å². The highest BCUT2D eigenvalue weighted by Gasteiger charge is 2.38. The van der Waals surface area contributed by atoms with Gasteiger partial charge in [-0.15, -0.1) is 0 Å². The standard InChI is InChI=1S/C13H22N2O4/c1-8(2)10(11(17)19-13(3,4)5)15-7-6-9(16)14-12(15)18/h8,10H,6-7H2,1-5H3,(H,14,16,18)/t10-/m0/s1. The van der Waals surface area contributed by atoms with Crippen molar-refractivity contribution in [3.05, 3.63) is 0 Å². The Morgan fingerprint density at radius 3 is 2.32 bits per heavy atom. The smallest absolute Gasteiger partial charge is 0.329 e. The maximum atomic E-state index is 12.2. The van der Waals surface area contributed by atoms with Crippen LogP contribution in [-0.4, -0.2) is 41.0 Å². The van der Waals surface area contributed by atoms with Crippen LogP contribution in [-0.2, 0) is 14.3 Å². The van der Waals surface area contributed by atoms with Gasteiger partial charge < -0.3 is 9.64 Å². The number of urea groups is 1. The van der Waals surface area contributed by atoms with Gasteiger partial charge in [0.15, 0.2) is 0 Å². The van der Waals surface area contributed by atoms with Gasteiger partial charge in [0.1, 0.15) is 11.6 Å². The van der Waals surface area contributed by atoms with Gasteiger partial charge in [-0.05, 0) is 26.7 Å². The number of imide groups is 1. The minimum absolute atomic E-state index is 0.0891. The summed E-state index contributed by atoms with van der Waals surface area (Å²) in [6.07, 6.45) is 0.206. The molecule has 0 aliphatic carbocycles. The van der Waals surface area contributed by atoms with Crippen LogP contribution in [0.1, 0.15) is 41.0 Å². The first-order chi connectivity index (χ1) is 8.61. The molecule has 0 bridgehead atoms. The highest BCUT2D eigenvalue weighted by atomic mass is 16.6. The summed E-state index contributed by atoms with van der Waals surface area (Å²) in [5.41, 5.74) is -0.605. The molecule has 0 unspecified atom stereocenters. The molecule has 1 saturated heterocycles. The Bertz CT molecular complexity index is 385. The molecule has 0 aromatic carbocycles. The van der Waals surface area contributed by atoms with Gasteiger partial charge >= 0.3 is 12.0 Å². The zero-order chi connectivity index (χ0) is 14.8. The van der Waals surface area contributed by atoms with Crippen molar-refractivity contribution in [3.63, 3.8) is 0 Å². The third kappa shape index (κ3) is 4.22. The average Bonchev–Trinajstić information content (AvgIpc) is 2.18. The van der Waals surface area contributed by atoms with Crippen LogP contribution in [0.2, 0.25) is 0 Å². The number of carbonyl (C=O) groups excluding carboxylic acids is 3. The largest absolute Gasteiger partial charge is 0.458 e. The summed E-state index contributed by atoms with van der Waals surface area (Å²) >= 11 is 0. The zero-order valence-corrected chi connectivity index (χ0v) is 12.1. The minimum atomic E-state index is -0.674. The van der Waals surface area contributed by atoms with Crippen molar-refractivity contribution in [3.8, 4) is 0 Å². The molecule has 1 atom stereocenters. The molecule has 0 aromatic heterocycles. The number of hydrogen-bond donors (Lipinski definition) is 1. The van der Waals surface area contributed by atoms with E-state index in [2.05, 4.69) is 5.32 Å². The van der Waals surface area contributed by atoms with Crippen LogP contribution in [0.5, 0.6) is 0 Å². The fraction of sp³-hybridized carbons (Fsp3) is 0.769. The third-order valence-electron chi connectivity index (χ3n) is 2.70. The Labute approximate surface area is 113 Å². The monoisotopic (exact) mass is 270 g/mol. The van der Waals surface area contributed by atoms with Crippen LogP contribution in [0.3, 0.4) is 0 Å². The molecule has 108 valence electrons. The average molecular weight is 270 g/mol. The van der Waals surface area contributed by atoms with Crippen LogP contribution in [0.15, 0.2) is 0 Å². The molecule has 1 N–H and O–H groups in total. The number of nitrogens with one attached hydrogen (secondary N) is 1. The molecule has 6 heteroatoms. The van der Waals surface area contributed by atoms with Crippen LogP contribution in [0.4, 0.5) is 4.79 Å². The maximum absolute atomic E-state index is 12.2. The van der Waals surface area contributed by atoms with E-state index in [1.165, 1.54) is 4.90 Å². The van der Waals surface area contributed by atoms with Crippen molar-refractivity contribution in [2.24, 2.45) is 5.92 Å². The number of esters is 1. The van der Waals surface area contributed by atoms with Gasteiger partial charge in [-0.2, -0.15) is 0 Å². The van der Waals surface area contributed by atoms with E-state index in [1.807, 2.05) is 13.8 Å². The van der Waals surface area contributed by atoms with Gasteiger partial charge in [-0.1, -0.05) is 13.8 Å². The zero-order valence-electron chi connectivity index (χ0n) is 12.1. The first-order valence-electron chi connectivity index (χ1n) is 6.45. The molecule has 6 nitrogen and oxygen atoms in total. The van der Waals surface area contributed by atoms with E-state index < -0.39 is 23.6 Å². The predicted octanol–water partition coefficient (Wildman–Crippen LogP) is 1.29. The fourth-order valence-corrected chi connectivity index (χ4v) is 1.96. The quantitative estimate of drug-likeness (QED) is 0.784. The lowest BCUT2D eigenvalue weighted by atomic mass is 10.0. The van der Waals surface area contributed by atoms with Crippen LogP contribution in [0.25, 0.3) is 0 Å². The summed E-state index contributed by atoms with van der Waals surface area (Å²) < 4.78 is 5.34. The summed E-state index contributed by atoms with van der Waals surface area (Å²) in [5, 5.41) is 2.22. The molecule has 19 heavy (non-hydrogen) atoms. The van der Waals surface area contributed by atoms with E-state index in [0.717, 1.165) is 0 Å². The van der Waals surface area contributed by atoms with Crippen LogP contribution in [0, 0.1) is 5.92 Å². The fourth-order valence-electron chi connectivity index (χ4n) is 1.96. The highest BCUT2D eigenvalue weighted by molar-refractivity contribution is 5.98. The minimum Gasteiger partial charge on any atom is -0.458 e. The first-order valence-corrected chi connectivity index (χ1v) is 6.45. The number of rotatable bonds is 3. The van der Waals surface area contributed by atoms with Gasteiger partial charge in [-0.3, -0.25) is 10.1 Å². The first kappa shape index (κ1) is 15.5. The van der Waals surface area contributed by atoms with Gasteiger partial charge in [-0.25, -0.2) is 9.59 Å². The van der Waals surface area contributed by atoms with E-state index in [9.17, 15) is 14.4 Å². The summed E-state index contributed by atoms with van der Waals surface area (Å²) in [6.45, 7) is 9.27. The molecule has 1 aliphatic heterocycles. The number of hydrogen-bond acceptors (Lipinski definition) is 4. The second kappa shape index (κ2) is 5.59. The van der Waals surface area contributed by atoms with Crippen molar-refractivity contribution in [1.82, 2.24) is 10.2 Å². The molecular formula is C13H22N2O4. The third-order valence-corrected chi connectivity index (χ3v) is 2.70.